The first-order valence-corrected chi connectivity index (χ1v) is 12.0. The van der Waals surface area contributed by atoms with Gasteiger partial charge in [-0.3, -0.25) is 4.79 Å². The maximum atomic E-state index is 12.1. The van der Waals surface area contributed by atoms with Crippen molar-refractivity contribution in [2.75, 3.05) is 33.4 Å². The molecule has 3 N–H and O–H groups in total. The normalized spacial score (nSPS) is 13.2. The van der Waals surface area contributed by atoms with Crippen molar-refractivity contribution >= 4 is 18.0 Å². The van der Waals surface area contributed by atoms with Crippen molar-refractivity contribution in [3.63, 3.8) is 0 Å². The van der Waals surface area contributed by atoms with Crippen LogP contribution in [-0.4, -0.2) is 62.1 Å². The molecule has 1 aliphatic heterocycles. The highest BCUT2D eigenvalue weighted by atomic mass is 16.6. The number of alkyl carbamates (subject to hydrolysis) is 1. The number of hydrogen-bond acceptors (Lipinski definition) is 8. The Kier molecular flexibility index (Phi) is 10.6. The molecule has 0 aromatic heterocycles. The van der Waals surface area contributed by atoms with E-state index in [9.17, 15) is 19.5 Å². The number of phenols is 1. The average Bonchev–Trinajstić information content (AvgIpc) is 3.19. The monoisotopic (exact) mass is 506 g/mol. The summed E-state index contributed by atoms with van der Waals surface area (Å²) in [5.74, 6) is -0.212. The number of carbonyl (C=O) groups is 3. The largest absolute Gasteiger partial charge is 0.507 e. The third-order valence-electron chi connectivity index (χ3n) is 5.53. The van der Waals surface area contributed by atoms with Gasteiger partial charge in [0.15, 0.2) is 0 Å². The highest BCUT2D eigenvalue weighted by Gasteiger charge is 2.31. The van der Waals surface area contributed by atoms with Crippen LogP contribution in [0.1, 0.15) is 67.6 Å². The summed E-state index contributed by atoms with van der Waals surface area (Å²) < 4.78 is 21.1. The summed E-state index contributed by atoms with van der Waals surface area (Å²) in [6.45, 7) is 10.6. The fourth-order valence-electron chi connectivity index (χ4n) is 3.71. The zero-order chi connectivity index (χ0) is 26.9. The average molecular weight is 507 g/mol. The van der Waals surface area contributed by atoms with E-state index in [-0.39, 0.29) is 23.8 Å². The molecule has 0 atom stereocenters. The zero-order valence-electron chi connectivity index (χ0n) is 22.0. The lowest BCUT2D eigenvalue weighted by molar-refractivity contribution is -0.121. The molecule has 0 saturated heterocycles. The fraction of sp³-hybridized carbons (Fsp3) is 0.577. The van der Waals surface area contributed by atoms with Gasteiger partial charge >= 0.3 is 12.1 Å². The van der Waals surface area contributed by atoms with Crippen LogP contribution in [0.4, 0.5) is 4.79 Å². The second-order valence-corrected chi connectivity index (χ2v) is 9.56. The summed E-state index contributed by atoms with van der Waals surface area (Å²) >= 11 is 0. The molecule has 1 heterocycles. The maximum Gasteiger partial charge on any atom is 0.407 e. The summed E-state index contributed by atoms with van der Waals surface area (Å²) in [6, 6.07) is 0. The van der Waals surface area contributed by atoms with Gasteiger partial charge in [0.2, 0.25) is 5.91 Å². The number of aromatic hydroxyl groups is 1. The van der Waals surface area contributed by atoms with Gasteiger partial charge in [0, 0.05) is 30.6 Å². The van der Waals surface area contributed by atoms with E-state index in [0.717, 1.165) is 11.1 Å². The predicted molar refractivity (Wildman–Crippen MR) is 133 cm³/mol. The van der Waals surface area contributed by atoms with E-state index in [1.807, 2.05) is 19.9 Å². The summed E-state index contributed by atoms with van der Waals surface area (Å²) in [5.41, 5.74) is 2.58. The fourth-order valence-corrected chi connectivity index (χ4v) is 3.71. The van der Waals surface area contributed by atoms with Crippen LogP contribution in [0.3, 0.4) is 0 Å². The Morgan fingerprint density at radius 2 is 1.81 bits per heavy atom. The standard InChI is InChI=1S/C26H38N2O8/c1-16(7-9-18-22(30)21-19(15-35-24(21)31)17(2)23(18)33-6)8-10-20(29)27-11-13-34-14-12-28-25(32)36-26(3,4)5/h7,30H,8-15H2,1-6H3,(H,27,29)(H,28,32). The Bertz CT molecular complexity index is 995. The third kappa shape index (κ3) is 8.44. The molecule has 2 rings (SSSR count). The molecule has 0 bridgehead atoms. The molecule has 0 spiro atoms. The minimum Gasteiger partial charge on any atom is -0.507 e. The third-order valence-corrected chi connectivity index (χ3v) is 5.53. The SMILES string of the molecule is COc1c(C)c2c(c(O)c1CC=C(C)CCC(=O)NCCOCCNC(=O)OC(C)(C)C)C(=O)OC2. The lowest BCUT2D eigenvalue weighted by Gasteiger charge is -2.19. The van der Waals surface area contributed by atoms with Gasteiger partial charge in [-0.2, -0.15) is 0 Å². The summed E-state index contributed by atoms with van der Waals surface area (Å²) in [7, 11) is 1.53. The second-order valence-electron chi connectivity index (χ2n) is 9.56. The van der Waals surface area contributed by atoms with E-state index in [1.165, 1.54) is 7.11 Å². The van der Waals surface area contributed by atoms with Gasteiger partial charge in [0.1, 0.15) is 29.3 Å². The lowest BCUT2D eigenvalue weighted by Crippen LogP contribution is -2.34. The summed E-state index contributed by atoms with van der Waals surface area (Å²) in [4.78, 5) is 35.7. The van der Waals surface area contributed by atoms with Gasteiger partial charge in [-0.1, -0.05) is 11.6 Å². The number of methoxy groups -OCH3 is 1. The number of fused-ring (bicyclic) bond motifs is 1. The van der Waals surface area contributed by atoms with Crippen LogP contribution >= 0.6 is 0 Å². The first-order valence-electron chi connectivity index (χ1n) is 12.0. The van der Waals surface area contributed by atoms with Crippen LogP contribution in [0.15, 0.2) is 11.6 Å². The molecule has 0 unspecified atom stereocenters. The van der Waals surface area contributed by atoms with Crippen LogP contribution in [0, 0.1) is 6.92 Å². The number of benzene rings is 1. The van der Waals surface area contributed by atoms with E-state index in [0.29, 0.717) is 62.4 Å². The van der Waals surface area contributed by atoms with Gasteiger partial charge in [0.05, 0.1) is 20.3 Å². The molecule has 36 heavy (non-hydrogen) atoms. The van der Waals surface area contributed by atoms with Crippen LogP contribution in [0.5, 0.6) is 11.5 Å². The highest BCUT2D eigenvalue weighted by Crippen LogP contribution is 2.42. The molecule has 10 heteroatoms. The molecule has 0 saturated carbocycles. The summed E-state index contributed by atoms with van der Waals surface area (Å²) in [6.07, 6.45) is 2.63. The first kappa shape index (κ1) is 29.0. The van der Waals surface area contributed by atoms with Gasteiger partial charge in [-0.05, 0) is 53.0 Å². The first-order chi connectivity index (χ1) is 16.9. The Hall–Kier alpha value is -3.27. The van der Waals surface area contributed by atoms with E-state index in [2.05, 4.69) is 10.6 Å². The van der Waals surface area contributed by atoms with E-state index in [1.54, 1.807) is 20.8 Å². The Morgan fingerprint density at radius 1 is 1.14 bits per heavy atom. The van der Waals surface area contributed by atoms with E-state index < -0.39 is 17.7 Å². The molecule has 200 valence electrons. The van der Waals surface area contributed by atoms with Crippen molar-refractivity contribution in [3.05, 3.63) is 33.9 Å². The predicted octanol–water partition coefficient (Wildman–Crippen LogP) is 3.31. The maximum absolute atomic E-state index is 12.1. The number of esters is 1. The molecule has 10 nitrogen and oxygen atoms in total. The van der Waals surface area contributed by atoms with Crippen molar-refractivity contribution in [2.24, 2.45) is 0 Å². The molecular formula is C26H38N2O8. The molecule has 0 fully saturated rings. The smallest absolute Gasteiger partial charge is 0.407 e. The molecule has 0 aliphatic carbocycles. The number of rotatable bonds is 12. The Morgan fingerprint density at radius 3 is 2.44 bits per heavy atom. The van der Waals surface area contributed by atoms with E-state index in [4.69, 9.17) is 18.9 Å². The number of amides is 2. The number of nitrogens with one attached hydrogen (secondary N) is 2. The zero-order valence-corrected chi connectivity index (χ0v) is 22.0. The number of hydrogen-bond donors (Lipinski definition) is 3. The van der Waals surface area contributed by atoms with Crippen molar-refractivity contribution in [2.45, 2.75) is 66.1 Å². The molecular weight excluding hydrogens is 468 g/mol. The van der Waals surface area contributed by atoms with Crippen molar-refractivity contribution in [1.82, 2.24) is 10.6 Å². The quantitative estimate of drug-likeness (QED) is 0.223. The van der Waals surface area contributed by atoms with E-state index >= 15 is 0 Å². The van der Waals surface area contributed by atoms with Crippen molar-refractivity contribution < 1.29 is 38.4 Å². The number of carbonyl (C=O) groups excluding carboxylic acids is 3. The topological polar surface area (TPSA) is 132 Å². The lowest BCUT2D eigenvalue weighted by atomic mass is 9.94. The van der Waals surface area contributed by atoms with Crippen LogP contribution in [0.25, 0.3) is 0 Å². The second kappa shape index (κ2) is 13.2. The Balaban J connectivity index is 1.72. The molecule has 2 amide bonds. The number of phenolic OH excluding ortho intramolecular Hbond substituents is 1. The van der Waals surface area contributed by atoms with Gasteiger partial charge in [-0.15, -0.1) is 0 Å². The van der Waals surface area contributed by atoms with Gasteiger partial charge in [0.25, 0.3) is 0 Å². The number of cyclic esters (lactones) is 1. The molecule has 1 aromatic rings. The summed E-state index contributed by atoms with van der Waals surface area (Å²) in [5, 5.41) is 16.1. The minimum absolute atomic E-state index is 0.102. The Labute approximate surface area is 212 Å². The van der Waals surface area contributed by atoms with Crippen molar-refractivity contribution in [3.8, 4) is 11.5 Å². The minimum atomic E-state index is -0.548. The van der Waals surface area contributed by atoms with Gasteiger partial charge in [-0.25, -0.2) is 9.59 Å². The van der Waals surface area contributed by atoms with Crippen LogP contribution < -0.4 is 15.4 Å². The number of ether oxygens (including phenoxy) is 4. The number of allylic oxidation sites excluding steroid dienone is 2. The van der Waals surface area contributed by atoms with Crippen LogP contribution in [0.2, 0.25) is 0 Å². The van der Waals surface area contributed by atoms with Crippen molar-refractivity contribution in [1.29, 1.82) is 0 Å². The van der Waals surface area contributed by atoms with Gasteiger partial charge < -0.3 is 34.7 Å². The van der Waals surface area contributed by atoms with Crippen LogP contribution in [-0.2, 0) is 32.0 Å². The molecule has 1 aromatic carbocycles. The molecule has 0 radical (unpaired) electrons. The molecule has 1 aliphatic rings. The highest BCUT2D eigenvalue weighted by molar-refractivity contribution is 5.98.